The van der Waals surface area contributed by atoms with Gasteiger partial charge in [-0.15, -0.1) is 11.3 Å². The third-order valence-corrected chi connectivity index (χ3v) is 11.3. The van der Waals surface area contributed by atoms with Gasteiger partial charge in [-0.25, -0.2) is 9.97 Å². The molecule has 0 fully saturated rings. The third kappa shape index (κ3) is 4.45. The Morgan fingerprint density at radius 3 is 1.69 bits per heavy atom. The predicted molar refractivity (Wildman–Crippen MR) is 213 cm³/mol. The van der Waals surface area contributed by atoms with Crippen molar-refractivity contribution >= 4 is 75.3 Å². The fourth-order valence-electron chi connectivity index (χ4n) is 7.63. The van der Waals surface area contributed by atoms with E-state index in [4.69, 9.17) is 14.4 Å². The van der Waals surface area contributed by atoms with E-state index in [2.05, 4.69) is 126 Å². The van der Waals surface area contributed by atoms with Crippen LogP contribution in [-0.2, 0) is 0 Å². The molecular formula is C46H27N3OS. The number of rotatable bonds is 4. The number of benzene rings is 7. The Balaban J connectivity index is 1.11. The highest BCUT2D eigenvalue weighted by Crippen LogP contribution is 2.40. The standard InChI is InChI=1S/C46H27N3OS/c1-2-8-28(9-3-1)33-26-47-46(48-27-33)49-40-18-14-29(31-16-20-43-38(24-31)34-10-4-6-12-42(34)50-43)22-36(40)37-23-30(15-19-41(37)49)32-17-21-45-39(25-32)35-11-5-7-13-44(35)51-45/h1-27H. The molecule has 0 unspecified atom stereocenters. The Morgan fingerprint density at radius 2 is 0.941 bits per heavy atom. The molecule has 0 spiro atoms. The molecule has 51 heavy (non-hydrogen) atoms. The molecule has 4 nitrogen and oxygen atoms in total. The van der Waals surface area contributed by atoms with Crippen LogP contribution in [0.3, 0.4) is 0 Å². The first-order valence-electron chi connectivity index (χ1n) is 17.0. The van der Waals surface area contributed by atoms with Crippen molar-refractivity contribution in [1.82, 2.24) is 14.5 Å². The Morgan fingerprint density at radius 1 is 0.392 bits per heavy atom. The lowest BCUT2D eigenvalue weighted by Crippen LogP contribution is -2.00. The number of nitrogens with zero attached hydrogens (tertiary/aromatic N) is 3. The van der Waals surface area contributed by atoms with E-state index in [1.165, 1.54) is 31.3 Å². The van der Waals surface area contributed by atoms with Crippen LogP contribution in [0, 0.1) is 0 Å². The SMILES string of the molecule is c1ccc(-c2cnc(-n3c4ccc(-c5ccc6oc7ccccc7c6c5)cc4c4cc(-c5ccc6sc7ccccc7c6c5)ccc43)nc2)cc1. The zero-order chi connectivity index (χ0) is 33.5. The molecule has 0 amide bonds. The number of aromatic nitrogens is 3. The number of hydrogen-bond donors (Lipinski definition) is 0. The summed E-state index contributed by atoms with van der Waals surface area (Å²) < 4.78 is 11.0. The van der Waals surface area contributed by atoms with Crippen LogP contribution in [0.1, 0.15) is 0 Å². The van der Waals surface area contributed by atoms with Crippen molar-refractivity contribution in [3.63, 3.8) is 0 Å². The van der Waals surface area contributed by atoms with Gasteiger partial charge in [0.1, 0.15) is 11.2 Å². The van der Waals surface area contributed by atoms with E-state index in [1.54, 1.807) is 0 Å². The van der Waals surface area contributed by atoms with Crippen LogP contribution < -0.4 is 0 Å². The van der Waals surface area contributed by atoms with Crippen molar-refractivity contribution < 1.29 is 4.42 Å². The Kier molecular flexibility index (Phi) is 6.09. The zero-order valence-corrected chi connectivity index (χ0v) is 28.1. The lowest BCUT2D eigenvalue weighted by atomic mass is 9.98. The van der Waals surface area contributed by atoms with Gasteiger partial charge in [0.25, 0.3) is 0 Å². The average Bonchev–Trinajstić information content (AvgIpc) is 3.86. The summed E-state index contributed by atoms with van der Waals surface area (Å²) in [6.45, 7) is 0. The summed E-state index contributed by atoms with van der Waals surface area (Å²) in [6, 6.07) is 54.0. The van der Waals surface area contributed by atoms with Crippen LogP contribution in [0.25, 0.3) is 103 Å². The van der Waals surface area contributed by atoms with E-state index in [0.717, 1.165) is 66.0 Å². The summed E-state index contributed by atoms with van der Waals surface area (Å²) >= 11 is 1.85. The molecule has 11 rings (SSSR count). The molecule has 0 N–H and O–H groups in total. The largest absolute Gasteiger partial charge is 0.456 e. The summed E-state index contributed by atoms with van der Waals surface area (Å²) in [5, 5.41) is 7.16. The first kappa shape index (κ1) is 28.3. The molecule has 0 aliphatic carbocycles. The lowest BCUT2D eigenvalue weighted by Gasteiger charge is -2.08. The smallest absolute Gasteiger partial charge is 0.234 e. The number of para-hydroxylation sites is 1. The molecule has 0 atom stereocenters. The first-order valence-corrected chi connectivity index (χ1v) is 17.9. The summed E-state index contributed by atoms with van der Waals surface area (Å²) in [5.74, 6) is 0.646. The van der Waals surface area contributed by atoms with Crippen molar-refractivity contribution in [3.05, 3.63) is 164 Å². The minimum Gasteiger partial charge on any atom is -0.456 e. The number of thiophene rings is 1. The highest BCUT2D eigenvalue weighted by molar-refractivity contribution is 7.25. The van der Waals surface area contributed by atoms with Gasteiger partial charge in [-0.3, -0.25) is 4.57 Å². The fraction of sp³-hybridized carbons (Fsp3) is 0. The topological polar surface area (TPSA) is 43.9 Å². The van der Waals surface area contributed by atoms with Gasteiger partial charge in [-0.1, -0.05) is 91.0 Å². The van der Waals surface area contributed by atoms with E-state index in [0.29, 0.717) is 5.95 Å². The molecule has 0 radical (unpaired) electrons. The molecule has 11 aromatic rings. The average molecular weight is 670 g/mol. The highest BCUT2D eigenvalue weighted by atomic mass is 32.1. The van der Waals surface area contributed by atoms with E-state index in [9.17, 15) is 0 Å². The van der Waals surface area contributed by atoms with E-state index in [-0.39, 0.29) is 0 Å². The Labute approximate surface area is 296 Å². The Hall–Kier alpha value is -6.56. The van der Waals surface area contributed by atoms with Crippen LogP contribution in [-0.4, -0.2) is 14.5 Å². The van der Waals surface area contributed by atoms with Crippen LogP contribution in [0.4, 0.5) is 0 Å². The van der Waals surface area contributed by atoms with Crippen LogP contribution in [0.5, 0.6) is 0 Å². The molecule has 0 saturated carbocycles. The first-order chi connectivity index (χ1) is 25.2. The molecule has 0 aliphatic heterocycles. The van der Waals surface area contributed by atoms with Crippen molar-refractivity contribution in [1.29, 1.82) is 0 Å². The van der Waals surface area contributed by atoms with Crippen molar-refractivity contribution in [2.75, 3.05) is 0 Å². The van der Waals surface area contributed by atoms with Gasteiger partial charge in [0.2, 0.25) is 5.95 Å². The van der Waals surface area contributed by atoms with Crippen molar-refractivity contribution in [2.24, 2.45) is 0 Å². The molecule has 5 heteroatoms. The Bertz CT molecular complexity index is 2960. The van der Waals surface area contributed by atoms with Crippen LogP contribution in [0.2, 0.25) is 0 Å². The molecule has 0 bridgehead atoms. The summed E-state index contributed by atoms with van der Waals surface area (Å²) in [6.07, 6.45) is 3.84. The molecule has 4 heterocycles. The number of furan rings is 1. The maximum Gasteiger partial charge on any atom is 0.234 e. The maximum absolute atomic E-state index is 6.14. The second kappa shape index (κ2) is 11.0. The minimum atomic E-state index is 0.646. The molecule has 238 valence electrons. The van der Waals surface area contributed by atoms with Crippen molar-refractivity contribution in [3.8, 4) is 39.3 Å². The van der Waals surface area contributed by atoms with Gasteiger partial charge >= 0.3 is 0 Å². The van der Waals surface area contributed by atoms with Gasteiger partial charge in [0.05, 0.1) is 11.0 Å². The quantitative estimate of drug-likeness (QED) is 0.187. The monoisotopic (exact) mass is 669 g/mol. The minimum absolute atomic E-state index is 0.646. The van der Waals surface area contributed by atoms with E-state index < -0.39 is 0 Å². The number of fused-ring (bicyclic) bond motifs is 9. The van der Waals surface area contributed by atoms with E-state index in [1.807, 2.05) is 54.1 Å². The second-order valence-corrected chi connectivity index (χ2v) is 14.1. The number of hydrogen-bond acceptors (Lipinski definition) is 4. The predicted octanol–water partition coefficient (Wildman–Crippen LogP) is 12.8. The molecular weight excluding hydrogens is 643 g/mol. The molecule has 4 aromatic heterocycles. The summed E-state index contributed by atoms with van der Waals surface area (Å²) in [5.41, 5.74) is 10.7. The van der Waals surface area contributed by atoms with Gasteiger partial charge < -0.3 is 4.42 Å². The van der Waals surface area contributed by atoms with Crippen LogP contribution >= 0.6 is 11.3 Å². The normalized spacial score (nSPS) is 11.9. The van der Waals surface area contributed by atoms with Gasteiger partial charge in [0.15, 0.2) is 0 Å². The maximum atomic E-state index is 6.14. The van der Waals surface area contributed by atoms with Gasteiger partial charge in [-0.2, -0.15) is 0 Å². The van der Waals surface area contributed by atoms with Crippen LogP contribution in [0.15, 0.2) is 168 Å². The van der Waals surface area contributed by atoms with Gasteiger partial charge in [0, 0.05) is 59.7 Å². The van der Waals surface area contributed by atoms with Crippen molar-refractivity contribution in [2.45, 2.75) is 0 Å². The fourth-order valence-corrected chi connectivity index (χ4v) is 8.71. The second-order valence-electron chi connectivity index (χ2n) is 13.1. The summed E-state index contributed by atoms with van der Waals surface area (Å²) in [4.78, 5) is 9.83. The lowest BCUT2D eigenvalue weighted by molar-refractivity contribution is 0.669. The third-order valence-electron chi connectivity index (χ3n) is 10.1. The zero-order valence-electron chi connectivity index (χ0n) is 27.2. The molecule has 0 aliphatic rings. The van der Waals surface area contributed by atoms with Gasteiger partial charge in [-0.05, 0) is 88.5 Å². The van der Waals surface area contributed by atoms with E-state index >= 15 is 0 Å². The molecule has 0 saturated heterocycles. The highest BCUT2D eigenvalue weighted by Gasteiger charge is 2.18. The summed E-state index contributed by atoms with van der Waals surface area (Å²) in [7, 11) is 0. The molecule has 7 aromatic carbocycles.